The topological polar surface area (TPSA) is 58.6 Å². The summed E-state index contributed by atoms with van der Waals surface area (Å²) in [6.07, 6.45) is 2.20. The van der Waals surface area contributed by atoms with Crippen molar-refractivity contribution in [2.75, 3.05) is 19.7 Å². The quantitative estimate of drug-likeness (QED) is 0.505. The standard InChI is InChI=1S/C24H31ClN2O3/c1-3-22(24(29)26-4-2)27(17-16-19-9-6-5-7-10-19)23(28)11-8-18-30-21-14-12-20(25)13-15-21/h5-7,9-10,12-15,22H,3-4,8,11,16-18H2,1-2H3,(H,26,29). The van der Waals surface area contributed by atoms with Gasteiger partial charge in [0.1, 0.15) is 11.8 Å². The van der Waals surface area contributed by atoms with Gasteiger partial charge < -0.3 is 15.0 Å². The molecule has 6 heteroatoms. The van der Waals surface area contributed by atoms with E-state index in [1.54, 1.807) is 29.2 Å². The average molecular weight is 431 g/mol. The molecule has 1 atom stereocenters. The Morgan fingerprint density at radius 3 is 2.40 bits per heavy atom. The number of ether oxygens (including phenoxy) is 1. The Balaban J connectivity index is 1.95. The Hall–Kier alpha value is -2.53. The number of carbonyl (C=O) groups excluding carboxylic acids is 2. The first-order chi connectivity index (χ1) is 14.5. The SMILES string of the molecule is CCNC(=O)C(CC)N(CCc1ccccc1)C(=O)CCCOc1ccc(Cl)cc1. The third-order valence-corrected chi connectivity index (χ3v) is 5.09. The molecular weight excluding hydrogens is 400 g/mol. The van der Waals surface area contributed by atoms with Crippen molar-refractivity contribution in [1.29, 1.82) is 0 Å². The van der Waals surface area contributed by atoms with E-state index in [9.17, 15) is 9.59 Å². The summed E-state index contributed by atoms with van der Waals surface area (Å²) in [7, 11) is 0. The van der Waals surface area contributed by atoms with Crippen molar-refractivity contribution in [3.63, 3.8) is 0 Å². The highest BCUT2D eigenvalue weighted by molar-refractivity contribution is 6.30. The number of nitrogens with one attached hydrogen (secondary N) is 1. The van der Waals surface area contributed by atoms with Crippen LogP contribution in [0.3, 0.4) is 0 Å². The van der Waals surface area contributed by atoms with E-state index in [-0.39, 0.29) is 11.8 Å². The Kier molecular flexibility index (Phi) is 10.2. The van der Waals surface area contributed by atoms with Crippen molar-refractivity contribution in [2.24, 2.45) is 0 Å². The van der Waals surface area contributed by atoms with Crippen LogP contribution in [0.2, 0.25) is 5.02 Å². The minimum atomic E-state index is -0.460. The van der Waals surface area contributed by atoms with Gasteiger partial charge in [0.15, 0.2) is 0 Å². The fourth-order valence-electron chi connectivity index (χ4n) is 3.28. The maximum absolute atomic E-state index is 13.0. The van der Waals surface area contributed by atoms with Gasteiger partial charge in [0.25, 0.3) is 0 Å². The molecule has 2 amide bonds. The summed E-state index contributed by atoms with van der Waals surface area (Å²) in [6, 6.07) is 16.7. The minimum absolute atomic E-state index is 0.0243. The molecule has 162 valence electrons. The molecule has 0 heterocycles. The second-order valence-corrected chi connectivity index (χ2v) is 7.48. The van der Waals surface area contributed by atoms with Crippen molar-refractivity contribution in [2.45, 2.75) is 45.6 Å². The zero-order chi connectivity index (χ0) is 21.8. The molecule has 1 unspecified atom stereocenters. The number of hydrogen-bond acceptors (Lipinski definition) is 3. The van der Waals surface area contributed by atoms with Gasteiger partial charge >= 0.3 is 0 Å². The number of halogens is 1. The van der Waals surface area contributed by atoms with E-state index in [1.165, 1.54) is 0 Å². The second-order valence-electron chi connectivity index (χ2n) is 7.05. The van der Waals surface area contributed by atoms with Crippen LogP contribution in [0.25, 0.3) is 0 Å². The highest BCUT2D eigenvalue weighted by atomic mass is 35.5. The molecule has 0 saturated heterocycles. The lowest BCUT2D eigenvalue weighted by atomic mass is 10.1. The van der Waals surface area contributed by atoms with Crippen molar-refractivity contribution in [3.8, 4) is 5.75 Å². The normalized spacial score (nSPS) is 11.6. The molecular formula is C24H31ClN2O3. The van der Waals surface area contributed by atoms with Crippen LogP contribution in [0.4, 0.5) is 0 Å². The summed E-state index contributed by atoms with van der Waals surface area (Å²) in [5.41, 5.74) is 1.15. The average Bonchev–Trinajstić information content (AvgIpc) is 2.76. The van der Waals surface area contributed by atoms with Crippen molar-refractivity contribution < 1.29 is 14.3 Å². The number of carbonyl (C=O) groups is 2. The second kappa shape index (κ2) is 12.9. The van der Waals surface area contributed by atoms with Gasteiger partial charge in [-0.3, -0.25) is 9.59 Å². The van der Waals surface area contributed by atoms with Crippen LogP contribution in [0.5, 0.6) is 5.75 Å². The smallest absolute Gasteiger partial charge is 0.242 e. The molecule has 1 N–H and O–H groups in total. The van der Waals surface area contributed by atoms with E-state index in [4.69, 9.17) is 16.3 Å². The van der Waals surface area contributed by atoms with Gasteiger partial charge in [-0.2, -0.15) is 0 Å². The van der Waals surface area contributed by atoms with Crippen LogP contribution in [-0.2, 0) is 16.0 Å². The summed E-state index contributed by atoms with van der Waals surface area (Å²) in [5, 5.41) is 3.51. The molecule has 0 aliphatic heterocycles. The van der Waals surface area contributed by atoms with E-state index in [1.807, 2.05) is 44.2 Å². The third-order valence-electron chi connectivity index (χ3n) is 4.84. The summed E-state index contributed by atoms with van der Waals surface area (Å²) in [5.74, 6) is 0.601. The van der Waals surface area contributed by atoms with Gasteiger partial charge in [0, 0.05) is 24.5 Å². The van der Waals surface area contributed by atoms with Gasteiger partial charge in [-0.05, 0) is 56.0 Å². The molecule has 0 fully saturated rings. The highest BCUT2D eigenvalue weighted by Crippen LogP contribution is 2.16. The summed E-state index contributed by atoms with van der Waals surface area (Å²) >= 11 is 5.88. The fraction of sp³-hybridized carbons (Fsp3) is 0.417. The van der Waals surface area contributed by atoms with Crippen molar-refractivity contribution >= 4 is 23.4 Å². The van der Waals surface area contributed by atoms with Gasteiger partial charge in [0.2, 0.25) is 11.8 Å². The molecule has 0 radical (unpaired) electrons. The number of hydrogen-bond donors (Lipinski definition) is 1. The fourth-order valence-corrected chi connectivity index (χ4v) is 3.40. The number of nitrogens with zero attached hydrogens (tertiary/aromatic N) is 1. The number of likely N-dealkylation sites (N-methyl/N-ethyl adjacent to an activating group) is 1. The highest BCUT2D eigenvalue weighted by Gasteiger charge is 2.27. The predicted octanol–water partition coefficient (Wildman–Crippen LogP) is 4.49. The Bertz CT molecular complexity index is 781. The lowest BCUT2D eigenvalue weighted by Crippen LogP contribution is -2.50. The van der Waals surface area contributed by atoms with Crippen LogP contribution >= 0.6 is 11.6 Å². The van der Waals surface area contributed by atoms with Gasteiger partial charge in [-0.25, -0.2) is 0 Å². The monoisotopic (exact) mass is 430 g/mol. The first-order valence-electron chi connectivity index (χ1n) is 10.5. The Morgan fingerprint density at radius 2 is 1.77 bits per heavy atom. The lowest BCUT2D eigenvalue weighted by molar-refractivity contribution is -0.140. The molecule has 0 aliphatic rings. The number of rotatable bonds is 12. The van der Waals surface area contributed by atoms with Crippen LogP contribution in [-0.4, -0.2) is 42.5 Å². The van der Waals surface area contributed by atoms with Crippen molar-refractivity contribution in [1.82, 2.24) is 10.2 Å². The number of amides is 2. The van der Waals surface area contributed by atoms with E-state index in [0.29, 0.717) is 50.4 Å². The first-order valence-corrected chi connectivity index (χ1v) is 10.9. The minimum Gasteiger partial charge on any atom is -0.494 e. The molecule has 0 aromatic heterocycles. The van der Waals surface area contributed by atoms with E-state index < -0.39 is 6.04 Å². The summed E-state index contributed by atoms with van der Waals surface area (Å²) in [4.78, 5) is 27.3. The van der Waals surface area contributed by atoms with Gasteiger partial charge in [0.05, 0.1) is 6.61 Å². The number of benzene rings is 2. The summed E-state index contributed by atoms with van der Waals surface area (Å²) < 4.78 is 5.68. The molecule has 2 aromatic carbocycles. The Labute approximate surface area is 184 Å². The molecule has 2 aromatic rings. The van der Waals surface area contributed by atoms with Gasteiger partial charge in [-0.1, -0.05) is 48.9 Å². The van der Waals surface area contributed by atoms with Crippen LogP contribution in [0, 0.1) is 0 Å². The molecule has 0 spiro atoms. The van der Waals surface area contributed by atoms with E-state index in [2.05, 4.69) is 5.32 Å². The van der Waals surface area contributed by atoms with E-state index >= 15 is 0 Å². The maximum atomic E-state index is 13.0. The molecule has 5 nitrogen and oxygen atoms in total. The Morgan fingerprint density at radius 1 is 1.07 bits per heavy atom. The lowest BCUT2D eigenvalue weighted by Gasteiger charge is -2.30. The maximum Gasteiger partial charge on any atom is 0.242 e. The predicted molar refractivity (Wildman–Crippen MR) is 121 cm³/mol. The third kappa shape index (κ3) is 7.71. The zero-order valence-electron chi connectivity index (χ0n) is 17.8. The zero-order valence-corrected chi connectivity index (χ0v) is 18.5. The van der Waals surface area contributed by atoms with Crippen molar-refractivity contribution in [3.05, 3.63) is 65.2 Å². The molecule has 0 bridgehead atoms. The van der Waals surface area contributed by atoms with Gasteiger partial charge in [-0.15, -0.1) is 0 Å². The van der Waals surface area contributed by atoms with Crippen LogP contribution in [0.1, 0.15) is 38.7 Å². The summed E-state index contributed by atoms with van der Waals surface area (Å²) in [6.45, 7) is 5.31. The first kappa shape index (κ1) is 23.7. The molecule has 0 saturated carbocycles. The van der Waals surface area contributed by atoms with Crippen LogP contribution in [0.15, 0.2) is 54.6 Å². The van der Waals surface area contributed by atoms with E-state index in [0.717, 1.165) is 11.3 Å². The largest absolute Gasteiger partial charge is 0.494 e. The molecule has 30 heavy (non-hydrogen) atoms. The molecule has 2 rings (SSSR count). The molecule has 0 aliphatic carbocycles. The van der Waals surface area contributed by atoms with Crippen LogP contribution < -0.4 is 10.1 Å².